The number of nitrogens with zero attached hydrogens (tertiary/aromatic N) is 5. The Morgan fingerprint density at radius 3 is 3.13 bits per heavy atom. The SMILES string of the molecule is Clc1ccc2nc(CN3CCO[C@H](Cn4cccn4)C3)cn2c1. The summed E-state index contributed by atoms with van der Waals surface area (Å²) >= 11 is 6.02. The summed E-state index contributed by atoms with van der Waals surface area (Å²) in [5, 5.41) is 4.96. The molecule has 4 heterocycles. The summed E-state index contributed by atoms with van der Waals surface area (Å²) in [5.41, 5.74) is 1.97. The summed E-state index contributed by atoms with van der Waals surface area (Å²) in [5.74, 6) is 0. The van der Waals surface area contributed by atoms with Gasteiger partial charge >= 0.3 is 0 Å². The summed E-state index contributed by atoms with van der Waals surface area (Å²) in [7, 11) is 0. The molecule has 1 atom stereocenters. The Bertz CT molecular complexity index is 785. The first-order valence-corrected chi connectivity index (χ1v) is 8.08. The maximum atomic E-state index is 6.02. The summed E-state index contributed by atoms with van der Waals surface area (Å²) < 4.78 is 9.74. The summed E-state index contributed by atoms with van der Waals surface area (Å²) in [6.07, 6.45) is 7.85. The van der Waals surface area contributed by atoms with Gasteiger partial charge in [0.1, 0.15) is 5.65 Å². The van der Waals surface area contributed by atoms with Gasteiger partial charge in [0.25, 0.3) is 0 Å². The number of ether oxygens (including phenoxy) is 1. The Labute approximate surface area is 139 Å². The predicted molar refractivity (Wildman–Crippen MR) is 87.4 cm³/mol. The Morgan fingerprint density at radius 2 is 2.26 bits per heavy atom. The van der Waals surface area contributed by atoms with Crippen LogP contribution in [-0.2, 0) is 17.8 Å². The standard InChI is InChI=1S/C16H18ClN5O/c17-13-2-3-16-19-14(10-21(16)8-13)9-20-6-7-23-15(11-20)12-22-5-1-4-18-22/h1-5,8,10,15H,6-7,9,11-12H2/t15-/m0/s1. The van der Waals surface area contributed by atoms with Gasteiger partial charge in [0, 0.05) is 44.4 Å². The number of hydrogen-bond acceptors (Lipinski definition) is 4. The minimum absolute atomic E-state index is 0.162. The van der Waals surface area contributed by atoms with Crippen LogP contribution in [0, 0.1) is 0 Å². The van der Waals surface area contributed by atoms with Crippen LogP contribution in [0.25, 0.3) is 5.65 Å². The van der Waals surface area contributed by atoms with Crippen LogP contribution in [0.3, 0.4) is 0 Å². The number of morpholine rings is 1. The molecule has 0 aliphatic carbocycles. The van der Waals surface area contributed by atoms with E-state index in [0.29, 0.717) is 5.02 Å². The molecular formula is C16H18ClN5O. The van der Waals surface area contributed by atoms with E-state index in [0.717, 1.165) is 44.1 Å². The molecule has 6 nitrogen and oxygen atoms in total. The normalized spacial score (nSPS) is 19.4. The lowest BCUT2D eigenvalue weighted by Gasteiger charge is -2.32. The zero-order chi connectivity index (χ0) is 15.6. The average Bonchev–Trinajstić information content (AvgIpc) is 3.16. The van der Waals surface area contributed by atoms with E-state index in [2.05, 4.69) is 15.0 Å². The number of rotatable bonds is 4. The van der Waals surface area contributed by atoms with Gasteiger partial charge in [-0.3, -0.25) is 9.58 Å². The molecule has 4 rings (SSSR count). The van der Waals surface area contributed by atoms with Gasteiger partial charge in [-0.2, -0.15) is 5.10 Å². The first-order chi connectivity index (χ1) is 11.3. The second kappa shape index (κ2) is 6.31. The molecule has 0 bridgehead atoms. The molecule has 0 amide bonds. The summed E-state index contributed by atoms with van der Waals surface area (Å²) in [6.45, 7) is 4.15. The minimum Gasteiger partial charge on any atom is -0.374 e. The Balaban J connectivity index is 1.42. The van der Waals surface area contributed by atoms with Gasteiger partial charge in [-0.25, -0.2) is 4.98 Å². The highest BCUT2D eigenvalue weighted by Crippen LogP contribution is 2.15. The molecule has 0 spiro atoms. The van der Waals surface area contributed by atoms with Gasteiger partial charge in [-0.05, 0) is 18.2 Å². The Hall–Kier alpha value is -1.89. The van der Waals surface area contributed by atoms with Gasteiger partial charge < -0.3 is 9.14 Å². The number of aromatic nitrogens is 4. The maximum absolute atomic E-state index is 6.02. The highest BCUT2D eigenvalue weighted by Gasteiger charge is 2.21. The van der Waals surface area contributed by atoms with Crippen LogP contribution < -0.4 is 0 Å². The molecule has 0 saturated carbocycles. The second-order valence-electron chi connectivity index (χ2n) is 5.80. The number of hydrogen-bond donors (Lipinski definition) is 0. The molecule has 0 unspecified atom stereocenters. The van der Waals surface area contributed by atoms with E-state index in [9.17, 15) is 0 Å². The fraction of sp³-hybridized carbons (Fsp3) is 0.375. The van der Waals surface area contributed by atoms with Crippen molar-refractivity contribution in [2.24, 2.45) is 0 Å². The highest BCUT2D eigenvalue weighted by atomic mass is 35.5. The average molecular weight is 332 g/mol. The first-order valence-electron chi connectivity index (χ1n) is 7.71. The Morgan fingerprint density at radius 1 is 1.30 bits per heavy atom. The predicted octanol–water partition coefficient (Wildman–Crippen LogP) is 2.09. The molecule has 120 valence electrons. The van der Waals surface area contributed by atoms with Crippen LogP contribution in [0.1, 0.15) is 5.69 Å². The number of halogens is 1. The van der Waals surface area contributed by atoms with Crippen molar-refractivity contribution in [3.05, 3.63) is 53.7 Å². The lowest BCUT2D eigenvalue weighted by Crippen LogP contribution is -2.43. The van der Waals surface area contributed by atoms with E-state index in [1.165, 1.54) is 0 Å². The number of fused-ring (bicyclic) bond motifs is 1. The number of imidazole rings is 1. The molecule has 0 radical (unpaired) electrons. The maximum Gasteiger partial charge on any atom is 0.137 e. The van der Waals surface area contributed by atoms with Crippen molar-refractivity contribution in [3.63, 3.8) is 0 Å². The van der Waals surface area contributed by atoms with Crippen molar-refractivity contribution in [1.29, 1.82) is 0 Å². The highest BCUT2D eigenvalue weighted by molar-refractivity contribution is 6.30. The van der Waals surface area contributed by atoms with Crippen molar-refractivity contribution in [1.82, 2.24) is 24.1 Å². The van der Waals surface area contributed by atoms with E-state index in [1.807, 2.05) is 45.9 Å². The molecule has 7 heteroatoms. The van der Waals surface area contributed by atoms with Crippen LogP contribution in [-0.4, -0.2) is 49.9 Å². The van der Waals surface area contributed by atoms with Gasteiger partial charge in [-0.1, -0.05) is 11.6 Å². The molecule has 3 aromatic heterocycles. The topological polar surface area (TPSA) is 47.6 Å². The molecule has 1 fully saturated rings. The monoisotopic (exact) mass is 331 g/mol. The number of pyridine rings is 1. The van der Waals surface area contributed by atoms with Crippen molar-refractivity contribution < 1.29 is 4.74 Å². The van der Waals surface area contributed by atoms with Crippen LogP contribution in [0.2, 0.25) is 5.02 Å². The molecule has 23 heavy (non-hydrogen) atoms. The van der Waals surface area contributed by atoms with E-state index in [1.54, 1.807) is 6.20 Å². The lowest BCUT2D eigenvalue weighted by molar-refractivity contribution is -0.0405. The van der Waals surface area contributed by atoms with Crippen molar-refractivity contribution in [2.45, 2.75) is 19.2 Å². The summed E-state index contributed by atoms with van der Waals surface area (Å²) in [4.78, 5) is 7.03. The van der Waals surface area contributed by atoms with Crippen molar-refractivity contribution in [2.75, 3.05) is 19.7 Å². The fourth-order valence-electron chi connectivity index (χ4n) is 2.97. The molecule has 1 aliphatic heterocycles. The third kappa shape index (κ3) is 3.39. The van der Waals surface area contributed by atoms with Crippen LogP contribution in [0.5, 0.6) is 0 Å². The quantitative estimate of drug-likeness (QED) is 0.734. The fourth-order valence-corrected chi connectivity index (χ4v) is 3.14. The van der Waals surface area contributed by atoms with Gasteiger partial charge in [0.15, 0.2) is 0 Å². The van der Waals surface area contributed by atoms with Crippen LogP contribution >= 0.6 is 11.6 Å². The third-order valence-corrected chi connectivity index (χ3v) is 4.25. The molecule has 1 aliphatic rings. The summed E-state index contributed by atoms with van der Waals surface area (Å²) in [6, 6.07) is 5.73. The zero-order valence-electron chi connectivity index (χ0n) is 12.7. The van der Waals surface area contributed by atoms with E-state index in [4.69, 9.17) is 16.3 Å². The molecule has 1 saturated heterocycles. The molecule has 0 N–H and O–H groups in total. The van der Waals surface area contributed by atoms with Crippen LogP contribution in [0.15, 0.2) is 43.0 Å². The minimum atomic E-state index is 0.162. The van der Waals surface area contributed by atoms with E-state index in [-0.39, 0.29) is 6.10 Å². The zero-order valence-corrected chi connectivity index (χ0v) is 13.4. The van der Waals surface area contributed by atoms with Crippen LogP contribution in [0.4, 0.5) is 0 Å². The second-order valence-corrected chi connectivity index (χ2v) is 6.24. The van der Waals surface area contributed by atoms with Crippen molar-refractivity contribution in [3.8, 4) is 0 Å². The van der Waals surface area contributed by atoms with Crippen molar-refractivity contribution >= 4 is 17.2 Å². The van der Waals surface area contributed by atoms with E-state index < -0.39 is 0 Å². The molecular weight excluding hydrogens is 314 g/mol. The molecule has 3 aromatic rings. The molecule has 0 aromatic carbocycles. The van der Waals surface area contributed by atoms with Gasteiger partial charge in [0.05, 0.1) is 30.0 Å². The largest absolute Gasteiger partial charge is 0.374 e. The van der Waals surface area contributed by atoms with Gasteiger partial charge in [-0.15, -0.1) is 0 Å². The van der Waals surface area contributed by atoms with E-state index >= 15 is 0 Å². The van der Waals surface area contributed by atoms with Gasteiger partial charge in [0.2, 0.25) is 0 Å². The lowest BCUT2D eigenvalue weighted by atomic mass is 10.2. The third-order valence-electron chi connectivity index (χ3n) is 4.02. The Kier molecular flexibility index (Phi) is 4.03. The first kappa shape index (κ1) is 14.7. The smallest absolute Gasteiger partial charge is 0.137 e.